The highest BCUT2D eigenvalue weighted by atomic mass is 35.5. The van der Waals surface area contributed by atoms with E-state index < -0.39 is 17.5 Å². The smallest absolute Gasteiger partial charge is 0.259 e. The van der Waals surface area contributed by atoms with Crippen molar-refractivity contribution in [3.8, 4) is 5.75 Å². The zero-order chi connectivity index (χ0) is 18.6. The van der Waals surface area contributed by atoms with Crippen LogP contribution in [0, 0.1) is 5.41 Å². The Morgan fingerprint density at radius 3 is 2.60 bits per heavy atom. The number of ketones is 1. The number of halogens is 2. The summed E-state index contributed by atoms with van der Waals surface area (Å²) >= 11 is 11.8. The molecular weight excluding hydrogens is 365 g/mol. The highest BCUT2D eigenvalue weighted by Crippen LogP contribution is 2.27. The molecule has 1 N–H and O–H groups in total. The van der Waals surface area contributed by atoms with Gasteiger partial charge in [0.25, 0.3) is 5.91 Å². The summed E-state index contributed by atoms with van der Waals surface area (Å²) in [4.78, 5) is 28.8. The van der Waals surface area contributed by atoms with Crippen LogP contribution in [0.2, 0.25) is 10.0 Å². The predicted molar refractivity (Wildman–Crippen MR) is 95.8 cm³/mol. The molecule has 0 saturated heterocycles. The minimum Gasteiger partial charge on any atom is -0.482 e. The molecule has 0 aliphatic rings. The molecule has 0 spiro atoms. The molecule has 2 aromatic rings. The summed E-state index contributed by atoms with van der Waals surface area (Å²) < 4.78 is 6.94. The summed E-state index contributed by atoms with van der Waals surface area (Å²) in [6.07, 6.45) is 3.77. The van der Waals surface area contributed by atoms with Crippen LogP contribution < -0.4 is 10.1 Å². The fourth-order valence-electron chi connectivity index (χ4n) is 2.04. The van der Waals surface area contributed by atoms with Crippen molar-refractivity contribution in [2.75, 3.05) is 6.61 Å². The molecule has 6 nitrogen and oxygen atoms in total. The number of hydrogen-bond acceptors (Lipinski definition) is 4. The average Bonchev–Trinajstić information content (AvgIpc) is 3.04. The van der Waals surface area contributed by atoms with E-state index in [2.05, 4.69) is 10.3 Å². The fourth-order valence-corrected chi connectivity index (χ4v) is 2.50. The van der Waals surface area contributed by atoms with Crippen molar-refractivity contribution in [1.29, 1.82) is 0 Å². The van der Waals surface area contributed by atoms with Crippen molar-refractivity contribution in [3.05, 3.63) is 47.0 Å². The fraction of sp³-hybridized carbons (Fsp3) is 0.353. The first-order valence-electron chi connectivity index (χ1n) is 7.57. The van der Waals surface area contributed by atoms with Crippen molar-refractivity contribution < 1.29 is 14.3 Å². The Morgan fingerprint density at radius 1 is 1.32 bits per heavy atom. The number of aromatic nitrogens is 2. The Hall–Kier alpha value is -2.05. The van der Waals surface area contributed by atoms with E-state index in [1.165, 1.54) is 12.4 Å². The predicted octanol–water partition coefficient (Wildman–Crippen LogP) is 3.50. The number of hydrogen-bond donors (Lipinski definition) is 1. The second kappa shape index (κ2) is 7.89. The van der Waals surface area contributed by atoms with Gasteiger partial charge in [-0.25, -0.2) is 4.98 Å². The molecule has 1 atom stereocenters. The van der Waals surface area contributed by atoms with Crippen molar-refractivity contribution in [1.82, 2.24) is 14.9 Å². The van der Waals surface area contributed by atoms with Gasteiger partial charge in [-0.3, -0.25) is 9.59 Å². The second-order valence-corrected chi connectivity index (χ2v) is 7.30. The first-order chi connectivity index (χ1) is 11.7. The van der Waals surface area contributed by atoms with Crippen molar-refractivity contribution in [3.63, 3.8) is 0 Å². The van der Waals surface area contributed by atoms with E-state index in [0.29, 0.717) is 15.8 Å². The van der Waals surface area contributed by atoms with Gasteiger partial charge < -0.3 is 14.6 Å². The molecule has 1 aromatic heterocycles. The number of carbonyl (C=O) groups excluding carboxylic acids is 2. The number of nitrogens with zero attached hydrogens (tertiary/aromatic N) is 2. The maximum Gasteiger partial charge on any atom is 0.259 e. The topological polar surface area (TPSA) is 73.2 Å². The van der Waals surface area contributed by atoms with E-state index in [1.54, 1.807) is 49.9 Å². The molecule has 2 rings (SSSR count). The van der Waals surface area contributed by atoms with Gasteiger partial charge in [-0.05, 0) is 18.2 Å². The number of amides is 1. The van der Waals surface area contributed by atoms with Crippen LogP contribution in [0.15, 0.2) is 36.9 Å². The highest BCUT2D eigenvalue weighted by molar-refractivity contribution is 6.35. The van der Waals surface area contributed by atoms with Gasteiger partial charge in [-0.1, -0.05) is 44.0 Å². The quantitative estimate of drug-likeness (QED) is 0.828. The van der Waals surface area contributed by atoms with Gasteiger partial charge in [0.1, 0.15) is 5.75 Å². The first kappa shape index (κ1) is 19.3. The normalized spacial score (nSPS) is 12.5. The largest absolute Gasteiger partial charge is 0.482 e. The Labute approximate surface area is 156 Å². The monoisotopic (exact) mass is 383 g/mol. The number of nitrogens with one attached hydrogen (secondary N) is 1. The van der Waals surface area contributed by atoms with Gasteiger partial charge in [-0.2, -0.15) is 0 Å². The molecule has 134 valence electrons. The lowest BCUT2D eigenvalue weighted by molar-refractivity contribution is -0.135. The maximum atomic E-state index is 12.6. The number of ether oxygens (including phenoxy) is 1. The molecule has 25 heavy (non-hydrogen) atoms. The standard InChI is InChI=1S/C17H19Cl2N3O3/c1-17(2,3)15(24)16(22-7-6-20-10-22)21-14(23)9-25-13-5-4-11(18)8-12(13)19/h4-8,10,16H,9H2,1-3H3,(H,21,23). The van der Waals surface area contributed by atoms with Crippen LogP contribution in [0.3, 0.4) is 0 Å². The molecule has 0 aliphatic carbocycles. The second-order valence-electron chi connectivity index (χ2n) is 6.46. The lowest BCUT2D eigenvalue weighted by Gasteiger charge is -2.26. The van der Waals surface area contributed by atoms with E-state index in [0.717, 1.165) is 0 Å². The minimum atomic E-state index is -0.862. The molecule has 0 bridgehead atoms. The van der Waals surface area contributed by atoms with Gasteiger partial charge in [0.15, 0.2) is 18.6 Å². The van der Waals surface area contributed by atoms with Crippen molar-refractivity contribution in [2.45, 2.75) is 26.9 Å². The third-order valence-electron chi connectivity index (χ3n) is 3.36. The van der Waals surface area contributed by atoms with Crippen LogP contribution >= 0.6 is 23.2 Å². The third kappa shape index (κ3) is 5.21. The van der Waals surface area contributed by atoms with E-state index in [4.69, 9.17) is 27.9 Å². The first-order valence-corrected chi connectivity index (χ1v) is 8.33. The van der Waals surface area contributed by atoms with Gasteiger partial charge in [-0.15, -0.1) is 0 Å². The van der Waals surface area contributed by atoms with E-state index >= 15 is 0 Å². The van der Waals surface area contributed by atoms with Crippen molar-refractivity contribution >= 4 is 34.9 Å². The lowest BCUT2D eigenvalue weighted by Crippen LogP contribution is -2.43. The molecule has 0 radical (unpaired) electrons. The molecule has 1 aromatic carbocycles. The van der Waals surface area contributed by atoms with Crippen LogP contribution in [-0.4, -0.2) is 27.8 Å². The Morgan fingerprint density at radius 2 is 2.04 bits per heavy atom. The third-order valence-corrected chi connectivity index (χ3v) is 3.89. The zero-order valence-electron chi connectivity index (χ0n) is 14.1. The molecule has 0 aliphatic heterocycles. The summed E-state index contributed by atoms with van der Waals surface area (Å²) in [7, 11) is 0. The van der Waals surface area contributed by atoms with Gasteiger partial charge in [0.2, 0.25) is 0 Å². The number of imidazole rings is 1. The summed E-state index contributed by atoms with van der Waals surface area (Å²) in [5.41, 5.74) is -0.636. The molecule has 0 fully saturated rings. The van der Waals surface area contributed by atoms with E-state index in [-0.39, 0.29) is 12.4 Å². The van der Waals surface area contributed by atoms with Crippen molar-refractivity contribution in [2.24, 2.45) is 5.41 Å². The summed E-state index contributed by atoms with van der Waals surface area (Å²) in [6, 6.07) is 4.71. The zero-order valence-corrected chi connectivity index (χ0v) is 15.6. The van der Waals surface area contributed by atoms with E-state index in [9.17, 15) is 9.59 Å². The Kier molecular flexibility index (Phi) is 6.08. The van der Waals surface area contributed by atoms with Crippen LogP contribution in [-0.2, 0) is 9.59 Å². The van der Waals surface area contributed by atoms with Crippen LogP contribution in [0.1, 0.15) is 26.9 Å². The van der Waals surface area contributed by atoms with Gasteiger partial charge in [0, 0.05) is 22.8 Å². The van der Waals surface area contributed by atoms with Crippen LogP contribution in [0.4, 0.5) is 0 Å². The number of carbonyl (C=O) groups is 2. The summed E-state index contributed by atoms with van der Waals surface area (Å²) in [6.45, 7) is 5.07. The maximum absolute atomic E-state index is 12.6. The van der Waals surface area contributed by atoms with Gasteiger partial charge >= 0.3 is 0 Å². The Bertz CT molecular complexity index is 755. The molecule has 8 heteroatoms. The summed E-state index contributed by atoms with van der Waals surface area (Å²) in [5.74, 6) is -0.270. The molecular formula is C17H19Cl2N3O3. The molecule has 1 unspecified atom stereocenters. The highest BCUT2D eigenvalue weighted by Gasteiger charge is 2.32. The van der Waals surface area contributed by atoms with E-state index in [1.807, 2.05) is 0 Å². The minimum absolute atomic E-state index is 0.150. The average molecular weight is 384 g/mol. The molecule has 0 saturated carbocycles. The SMILES string of the molecule is CC(C)(C)C(=O)C(NC(=O)COc1ccc(Cl)cc1Cl)n1ccnc1. The van der Waals surface area contributed by atoms with Gasteiger partial charge in [0.05, 0.1) is 11.3 Å². The number of rotatable bonds is 6. The number of Topliss-reactive ketones (excluding diaryl/α,β-unsaturated/α-hetero) is 1. The summed E-state index contributed by atoms with van der Waals surface area (Å²) in [5, 5.41) is 3.44. The molecule has 1 amide bonds. The van der Waals surface area contributed by atoms with Crippen LogP contribution in [0.25, 0.3) is 0 Å². The molecule has 1 heterocycles. The number of benzene rings is 1. The lowest BCUT2D eigenvalue weighted by atomic mass is 9.89. The van der Waals surface area contributed by atoms with Crippen LogP contribution in [0.5, 0.6) is 5.75 Å². The Balaban J connectivity index is 2.06.